The predicted octanol–water partition coefficient (Wildman–Crippen LogP) is 6.33. The molecule has 0 aliphatic carbocycles. The van der Waals surface area contributed by atoms with E-state index in [0.29, 0.717) is 46.2 Å². The normalized spacial score (nSPS) is 16.1. The second kappa shape index (κ2) is 9.40. The lowest BCUT2D eigenvalue weighted by molar-refractivity contribution is 0.205. The van der Waals surface area contributed by atoms with E-state index in [1.807, 2.05) is 30.5 Å². The third-order valence-electron chi connectivity index (χ3n) is 5.68. The van der Waals surface area contributed by atoms with Crippen LogP contribution in [-0.2, 0) is 6.42 Å². The molecule has 2 aromatic carbocycles. The number of amides is 2. The van der Waals surface area contributed by atoms with Gasteiger partial charge in [-0.05, 0) is 54.6 Å². The zero-order chi connectivity index (χ0) is 23.7. The lowest BCUT2D eigenvalue weighted by atomic mass is 9.94. The number of aromatic nitrogens is 2. The Labute approximate surface area is 204 Å². The molecule has 0 bridgehead atoms. The van der Waals surface area contributed by atoms with Crippen LogP contribution in [0.4, 0.5) is 9.18 Å². The molecule has 172 valence electrons. The van der Waals surface area contributed by atoms with Crippen LogP contribution in [-0.4, -0.2) is 27.6 Å². The number of nitrogens with one attached hydrogen (secondary N) is 1. The molecule has 3 heterocycles. The van der Waals surface area contributed by atoms with E-state index >= 15 is 0 Å². The molecule has 0 saturated heterocycles. The largest absolute Gasteiger partial charge is 0.334 e. The fourth-order valence-electron chi connectivity index (χ4n) is 4.02. The molecule has 5 rings (SSSR count). The van der Waals surface area contributed by atoms with Gasteiger partial charge in [0.05, 0.1) is 11.6 Å². The average molecular weight is 495 g/mol. The van der Waals surface area contributed by atoms with E-state index in [9.17, 15) is 9.18 Å². The van der Waals surface area contributed by atoms with Gasteiger partial charge in [0.2, 0.25) is 5.82 Å². The van der Waals surface area contributed by atoms with E-state index in [1.165, 1.54) is 17.0 Å². The van der Waals surface area contributed by atoms with Crippen LogP contribution in [0.3, 0.4) is 0 Å². The van der Waals surface area contributed by atoms with Crippen molar-refractivity contribution in [3.05, 3.63) is 98.9 Å². The summed E-state index contributed by atoms with van der Waals surface area (Å²) in [6.45, 7) is 2.32. The molecule has 9 heteroatoms. The van der Waals surface area contributed by atoms with Gasteiger partial charge >= 0.3 is 6.03 Å². The SMILES string of the molecule is CC1=C(c2nc(-c3cccc(Cl)c3)no2)C(c2cccc(F)c2)NC(=O)N1CCc1cccs1. The molecule has 0 radical (unpaired) electrons. The van der Waals surface area contributed by atoms with Gasteiger partial charge in [-0.15, -0.1) is 11.3 Å². The molecule has 1 atom stereocenters. The van der Waals surface area contributed by atoms with Gasteiger partial charge in [0.1, 0.15) is 5.82 Å². The Morgan fingerprint density at radius 1 is 1.18 bits per heavy atom. The van der Waals surface area contributed by atoms with Crippen LogP contribution in [0.1, 0.15) is 29.3 Å². The summed E-state index contributed by atoms with van der Waals surface area (Å²) in [6, 6.07) is 16.4. The second-order valence-corrected chi connectivity index (χ2v) is 9.32. The lowest BCUT2D eigenvalue weighted by Gasteiger charge is -2.35. The molecule has 4 aromatic rings. The molecule has 6 nitrogen and oxygen atoms in total. The summed E-state index contributed by atoms with van der Waals surface area (Å²) in [4.78, 5) is 20.5. The minimum absolute atomic E-state index is 0.253. The number of allylic oxidation sites excluding steroid dienone is 1. The summed E-state index contributed by atoms with van der Waals surface area (Å²) in [5, 5.41) is 9.69. The third-order valence-corrected chi connectivity index (χ3v) is 6.85. The monoisotopic (exact) mass is 494 g/mol. The fraction of sp³-hybridized carbons (Fsp3) is 0.160. The van der Waals surface area contributed by atoms with Crippen LogP contribution < -0.4 is 5.32 Å². The van der Waals surface area contributed by atoms with Gasteiger partial charge in [-0.2, -0.15) is 4.98 Å². The topological polar surface area (TPSA) is 71.3 Å². The minimum atomic E-state index is -0.645. The summed E-state index contributed by atoms with van der Waals surface area (Å²) < 4.78 is 19.7. The van der Waals surface area contributed by atoms with Crippen LogP contribution >= 0.6 is 22.9 Å². The number of hydrogen-bond donors (Lipinski definition) is 1. The second-order valence-electron chi connectivity index (χ2n) is 7.85. The molecule has 2 amide bonds. The van der Waals surface area contributed by atoms with Crippen molar-refractivity contribution >= 4 is 34.5 Å². The van der Waals surface area contributed by atoms with Crippen molar-refractivity contribution in [1.82, 2.24) is 20.4 Å². The summed E-state index contributed by atoms with van der Waals surface area (Å²) >= 11 is 7.76. The summed E-state index contributed by atoms with van der Waals surface area (Å²) in [7, 11) is 0. The molecule has 1 unspecified atom stereocenters. The Hall–Kier alpha value is -3.49. The summed E-state index contributed by atoms with van der Waals surface area (Å²) in [6.07, 6.45) is 0.706. The number of benzene rings is 2. The number of rotatable bonds is 6. The molecule has 34 heavy (non-hydrogen) atoms. The molecule has 1 N–H and O–H groups in total. The van der Waals surface area contributed by atoms with E-state index in [1.54, 1.807) is 46.6 Å². The van der Waals surface area contributed by atoms with Crippen molar-refractivity contribution in [3.63, 3.8) is 0 Å². The molecular weight excluding hydrogens is 475 g/mol. The van der Waals surface area contributed by atoms with Gasteiger partial charge in [-0.1, -0.05) is 47.1 Å². The Morgan fingerprint density at radius 3 is 2.79 bits per heavy atom. The lowest BCUT2D eigenvalue weighted by Crippen LogP contribution is -2.46. The Balaban J connectivity index is 1.56. The molecule has 1 aliphatic heterocycles. The van der Waals surface area contributed by atoms with Gasteiger partial charge in [0.15, 0.2) is 0 Å². The number of thiophene rings is 1. The van der Waals surface area contributed by atoms with E-state index in [2.05, 4.69) is 15.5 Å². The average Bonchev–Trinajstić information content (AvgIpc) is 3.51. The van der Waals surface area contributed by atoms with Crippen molar-refractivity contribution in [2.45, 2.75) is 19.4 Å². The van der Waals surface area contributed by atoms with E-state index in [4.69, 9.17) is 16.1 Å². The number of nitrogens with zero attached hydrogens (tertiary/aromatic N) is 3. The first-order chi connectivity index (χ1) is 16.5. The standard InChI is InChI=1S/C25H20ClFN4O2S/c1-15-21(24-29-23(30-33-24)17-6-2-7-18(26)13-17)22(16-5-3-8-19(27)14-16)28-25(32)31(15)11-10-20-9-4-12-34-20/h2-9,12-14,22H,10-11H2,1H3,(H,28,32). The Bertz CT molecular complexity index is 1370. The highest BCUT2D eigenvalue weighted by Crippen LogP contribution is 2.37. The molecule has 0 saturated carbocycles. The Kier molecular flexibility index (Phi) is 6.17. The van der Waals surface area contributed by atoms with Crippen molar-refractivity contribution in [3.8, 4) is 11.4 Å². The number of carbonyl (C=O) groups excluding carboxylic acids is 1. The maximum atomic E-state index is 14.1. The van der Waals surface area contributed by atoms with Crippen LogP contribution in [0.5, 0.6) is 0 Å². The van der Waals surface area contributed by atoms with E-state index in [0.717, 1.165) is 0 Å². The molecule has 1 aliphatic rings. The zero-order valence-electron chi connectivity index (χ0n) is 18.2. The first kappa shape index (κ1) is 22.3. The van der Waals surface area contributed by atoms with Crippen molar-refractivity contribution in [2.24, 2.45) is 0 Å². The van der Waals surface area contributed by atoms with Crippen LogP contribution in [0.2, 0.25) is 5.02 Å². The smallest absolute Gasteiger partial charge is 0.322 e. The maximum Gasteiger partial charge on any atom is 0.322 e. The van der Waals surface area contributed by atoms with Gasteiger partial charge in [-0.3, -0.25) is 4.90 Å². The predicted molar refractivity (Wildman–Crippen MR) is 130 cm³/mol. The molecular formula is C25H20ClFN4O2S. The molecule has 0 spiro atoms. The van der Waals surface area contributed by atoms with Gasteiger partial charge in [-0.25, -0.2) is 9.18 Å². The van der Waals surface area contributed by atoms with Crippen LogP contribution in [0.15, 0.2) is 76.3 Å². The van der Waals surface area contributed by atoms with Crippen LogP contribution in [0, 0.1) is 5.82 Å². The highest BCUT2D eigenvalue weighted by molar-refractivity contribution is 7.09. The molecule has 0 fully saturated rings. The quantitative estimate of drug-likeness (QED) is 0.340. The highest BCUT2D eigenvalue weighted by atomic mass is 35.5. The maximum absolute atomic E-state index is 14.1. The first-order valence-corrected chi connectivity index (χ1v) is 11.9. The third kappa shape index (κ3) is 4.47. The number of hydrogen-bond acceptors (Lipinski definition) is 5. The number of urea groups is 1. The van der Waals surface area contributed by atoms with Gasteiger partial charge in [0.25, 0.3) is 5.89 Å². The first-order valence-electron chi connectivity index (χ1n) is 10.7. The Morgan fingerprint density at radius 2 is 2.03 bits per heavy atom. The minimum Gasteiger partial charge on any atom is -0.334 e. The molecule has 2 aromatic heterocycles. The number of carbonyl (C=O) groups is 1. The van der Waals surface area contributed by atoms with Gasteiger partial charge in [0, 0.05) is 27.7 Å². The van der Waals surface area contributed by atoms with Gasteiger partial charge < -0.3 is 9.84 Å². The van der Waals surface area contributed by atoms with E-state index < -0.39 is 11.9 Å². The number of halogens is 2. The van der Waals surface area contributed by atoms with Crippen LogP contribution in [0.25, 0.3) is 17.0 Å². The van der Waals surface area contributed by atoms with Crippen molar-refractivity contribution < 1.29 is 13.7 Å². The van der Waals surface area contributed by atoms with E-state index in [-0.39, 0.29) is 11.9 Å². The van der Waals surface area contributed by atoms with Crippen molar-refractivity contribution in [1.29, 1.82) is 0 Å². The van der Waals surface area contributed by atoms with Crippen molar-refractivity contribution in [2.75, 3.05) is 6.54 Å². The zero-order valence-corrected chi connectivity index (χ0v) is 19.7. The highest BCUT2D eigenvalue weighted by Gasteiger charge is 2.35. The summed E-state index contributed by atoms with van der Waals surface area (Å²) in [5.41, 5.74) is 2.59. The fourth-order valence-corrected chi connectivity index (χ4v) is 4.91. The summed E-state index contributed by atoms with van der Waals surface area (Å²) in [5.74, 6) is 0.231.